The van der Waals surface area contributed by atoms with E-state index in [4.69, 9.17) is 10.7 Å². The summed E-state index contributed by atoms with van der Waals surface area (Å²) in [5, 5.41) is 7.20. The average molecular weight is 238 g/mol. The van der Waals surface area contributed by atoms with Gasteiger partial charge in [-0.2, -0.15) is 0 Å². The maximum atomic E-state index is 11.1. The summed E-state index contributed by atoms with van der Waals surface area (Å²) < 4.78 is 23.7. The van der Waals surface area contributed by atoms with Crippen molar-refractivity contribution in [2.75, 3.05) is 0 Å². The normalized spacial score (nSPS) is 11.9. The lowest BCUT2D eigenvalue weighted by atomic mass is 10.3. The molecule has 0 radical (unpaired) electrons. The van der Waals surface area contributed by atoms with Crippen LogP contribution in [0.2, 0.25) is 0 Å². The van der Waals surface area contributed by atoms with Gasteiger partial charge < -0.3 is 4.57 Å². The Morgan fingerprint density at radius 1 is 1.36 bits per heavy atom. The molecule has 0 aliphatic rings. The first-order valence-electron chi connectivity index (χ1n) is 4.37. The maximum absolute atomic E-state index is 11.1. The molecule has 1 heterocycles. The standard InChI is InChI=1S/C7H12ClN3O2S/c1-3-5-6-9-10-7(11(6)4-2)14(8,12)13/h3-5H2,1-2H3. The van der Waals surface area contributed by atoms with Crippen LogP contribution in [-0.4, -0.2) is 23.2 Å². The molecule has 0 fully saturated rings. The van der Waals surface area contributed by atoms with Crippen LogP contribution in [0.1, 0.15) is 26.1 Å². The van der Waals surface area contributed by atoms with Crippen molar-refractivity contribution in [2.45, 2.75) is 38.4 Å². The molecule has 7 heteroatoms. The molecule has 0 saturated heterocycles. The van der Waals surface area contributed by atoms with Gasteiger partial charge >= 0.3 is 0 Å². The lowest BCUT2D eigenvalue weighted by Crippen LogP contribution is -2.08. The molecule has 0 bridgehead atoms. The molecule has 1 aromatic rings. The minimum Gasteiger partial charge on any atom is -0.301 e. The third-order valence-corrected chi connectivity index (χ3v) is 2.95. The first kappa shape index (κ1) is 11.5. The van der Waals surface area contributed by atoms with E-state index in [9.17, 15) is 8.42 Å². The van der Waals surface area contributed by atoms with Gasteiger partial charge in [0.1, 0.15) is 5.82 Å². The second-order valence-electron chi connectivity index (χ2n) is 2.83. The number of nitrogens with zero attached hydrogens (tertiary/aromatic N) is 3. The molecule has 1 rings (SSSR count). The summed E-state index contributed by atoms with van der Waals surface area (Å²) in [4.78, 5) is 0. The van der Waals surface area contributed by atoms with E-state index in [0.29, 0.717) is 18.8 Å². The molecule has 0 saturated carbocycles. The minimum absolute atomic E-state index is 0.162. The molecule has 0 amide bonds. The molecule has 14 heavy (non-hydrogen) atoms. The van der Waals surface area contributed by atoms with Gasteiger partial charge in [-0.3, -0.25) is 0 Å². The van der Waals surface area contributed by atoms with Crippen molar-refractivity contribution in [3.8, 4) is 0 Å². The van der Waals surface area contributed by atoms with Crippen LogP contribution < -0.4 is 0 Å². The smallest absolute Gasteiger partial charge is 0.296 e. The SMILES string of the molecule is CCCc1nnc(S(=O)(=O)Cl)n1CC. The van der Waals surface area contributed by atoms with E-state index in [1.54, 1.807) is 0 Å². The van der Waals surface area contributed by atoms with Crippen molar-refractivity contribution in [2.24, 2.45) is 0 Å². The van der Waals surface area contributed by atoms with Gasteiger partial charge in [-0.15, -0.1) is 10.2 Å². The van der Waals surface area contributed by atoms with Gasteiger partial charge in [0.15, 0.2) is 0 Å². The zero-order valence-corrected chi connectivity index (χ0v) is 9.64. The fourth-order valence-electron chi connectivity index (χ4n) is 1.23. The van der Waals surface area contributed by atoms with E-state index < -0.39 is 9.05 Å². The number of aromatic nitrogens is 3. The minimum atomic E-state index is -3.78. The molecule has 0 aliphatic carbocycles. The lowest BCUT2D eigenvalue weighted by molar-refractivity contribution is 0.573. The molecule has 80 valence electrons. The number of halogens is 1. The maximum Gasteiger partial charge on any atom is 0.296 e. The Morgan fingerprint density at radius 2 is 2.00 bits per heavy atom. The molecule has 0 aliphatic heterocycles. The molecule has 0 atom stereocenters. The van der Waals surface area contributed by atoms with Crippen LogP contribution in [-0.2, 0) is 22.0 Å². The van der Waals surface area contributed by atoms with Crippen molar-refractivity contribution in [3.63, 3.8) is 0 Å². The fraction of sp³-hybridized carbons (Fsp3) is 0.714. The van der Waals surface area contributed by atoms with E-state index in [1.165, 1.54) is 4.57 Å². The van der Waals surface area contributed by atoms with E-state index in [0.717, 1.165) is 6.42 Å². The molecular formula is C7H12ClN3O2S. The first-order valence-corrected chi connectivity index (χ1v) is 6.68. The Kier molecular flexibility index (Phi) is 3.49. The highest BCUT2D eigenvalue weighted by Crippen LogP contribution is 2.14. The van der Waals surface area contributed by atoms with Gasteiger partial charge in [-0.25, -0.2) is 8.42 Å². The monoisotopic (exact) mass is 237 g/mol. The summed E-state index contributed by atoms with van der Waals surface area (Å²) in [5.74, 6) is 0.661. The van der Waals surface area contributed by atoms with Crippen LogP contribution in [0.15, 0.2) is 5.16 Å². The van der Waals surface area contributed by atoms with Crippen LogP contribution in [0.4, 0.5) is 0 Å². The van der Waals surface area contributed by atoms with E-state index in [1.807, 2.05) is 13.8 Å². The van der Waals surface area contributed by atoms with Gasteiger partial charge in [0.2, 0.25) is 0 Å². The van der Waals surface area contributed by atoms with Crippen LogP contribution in [0.5, 0.6) is 0 Å². The molecule has 0 spiro atoms. The quantitative estimate of drug-likeness (QED) is 0.738. The van der Waals surface area contributed by atoms with Crippen molar-refractivity contribution in [1.29, 1.82) is 0 Å². The molecule has 1 aromatic heterocycles. The van der Waals surface area contributed by atoms with Crippen molar-refractivity contribution in [1.82, 2.24) is 14.8 Å². The third kappa shape index (κ3) is 2.24. The summed E-state index contributed by atoms with van der Waals surface area (Å²) in [5.41, 5.74) is 0. The summed E-state index contributed by atoms with van der Waals surface area (Å²) in [6.07, 6.45) is 1.59. The largest absolute Gasteiger partial charge is 0.301 e. The van der Waals surface area contributed by atoms with Gasteiger partial charge in [-0.05, 0) is 13.3 Å². The van der Waals surface area contributed by atoms with Crippen molar-refractivity contribution in [3.05, 3.63) is 5.82 Å². The average Bonchev–Trinajstić information content (AvgIpc) is 2.47. The predicted octanol–water partition coefficient (Wildman–Crippen LogP) is 1.18. The van der Waals surface area contributed by atoms with E-state index in [-0.39, 0.29) is 5.16 Å². The summed E-state index contributed by atoms with van der Waals surface area (Å²) >= 11 is 0. The summed E-state index contributed by atoms with van der Waals surface area (Å²) in [6.45, 7) is 4.32. The van der Waals surface area contributed by atoms with Crippen molar-refractivity contribution >= 4 is 19.7 Å². The van der Waals surface area contributed by atoms with Gasteiger partial charge in [0.05, 0.1) is 0 Å². The Morgan fingerprint density at radius 3 is 2.43 bits per heavy atom. The van der Waals surface area contributed by atoms with Crippen LogP contribution >= 0.6 is 10.7 Å². The van der Waals surface area contributed by atoms with E-state index >= 15 is 0 Å². The predicted molar refractivity (Wildman–Crippen MR) is 52.7 cm³/mol. The van der Waals surface area contributed by atoms with Crippen molar-refractivity contribution < 1.29 is 8.42 Å². The molecule has 0 aromatic carbocycles. The van der Waals surface area contributed by atoms with Gasteiger partial charge in [-0.1, -0.05) is 6.92 Å². The molecule has 5 nitrogen and oxygen atoms in total. The zero-order chi connectivity index (χ0) is 10.8. The number of hydrogen-bond acceptors (Lipinski definition) is 4. The first-order chi connectivity index (χ1) is 6.50. The van der Waals surface area contributed by atoms with E-state index in [2.05, 4.69) is 10.2 Å². The number of rotatable bonds is 4. The summed E-state index contributed by atoms with van der Waals surface area (Å²) in [7, 11) is 1.42. The van der Waals surface area contributed by atoms with Gasteiger partial charge in [0.25, 0.3) is 14.2 Å². The Bertz CT molecular complexity index is 413. The molecule has 0 N–H and O–H groups in total. The fourth-order valence-corrected chi connectivity index (χ4v) is 2.20. The second kappa shape index (κ2) is 4.27. The lowest BCUT2D eigenvalue weighted by Gasteiger charge is -2.03. The number of aryl methyl sites for hydroxylation is 1. The topological polar surface area (TPSA) is 64.8 Å². The highest BCUT2D eigenvalue weighted by atomic mass is 35.7. The summed E-state index contributed by atoms with van der Waals surface area (Å²) in [6, 6.07) is 0. The Balaban J connectivity index is 3.21. The Hall–Kier alpha value is -0.620. The van der Waals surface area contributed by atoms with Gasteiger partial charge in [0, 0.05) is 23.6 Å². The highest BCUT2D eigenvalue weighted by Gasteiger charge is 2.20. The Labute approximate surface area is 87.5 Å². The van der Waals surface area contributed by atoms with Crippen LogP contribution in [0.25, 0.3) is 0 Å². The second-order valence-corrected chi connectivity index (χ2v) is 5.29. The van der Waals surface area contributed by atoms with Crippen LogP contribution in [0, 0.1) is 0 Å². The number of hydrogen-bond donors (Lipinski definition) is 0. The van der Waals surface area contributed by atoms with Crippen LogP contribution in [0.3, 0.4) is 0 Å². The third-order valence-electron chi connectivity index (χ3n) is 1.80. The highest BCUT2D eigenvalue weighted by molar-refractivity contribution is 8.13. The molecule has 0 unspecified atom stereocenters. The zero-order valence-electron chi connectivity index (χ0n) is 8.07. The molecular weight excluding hydrogens is 226 g/mol.